The number of para-hydroxylation sites is 1. The van der Waals surface area contributed by atoms with E-state index >= 15 is 0 Å². The van der Waals surface area contributed by atoms with Gasteiger partial charge in [-0.1, -0.05) is 42.5 Å². The third-order valence-electron chi connectivity index (χ3n) is 3.91. The maximum atomic E-state index is 5.99. The van der Waals surface area contributed by atoms with Crippen molar-refractivity contribution >= 4 is 16.9 Å². The van der Waals surface area contributed by atoms with Crippen LogP contribution in [0, 0.1) is 0 Å². The quantitative estimate of drug-likeness (QED) is 0.600. The lowest BCUT2D eigenvalue weighted by Crippen LogP contribution is -1.95. The number of nitrogens with zero attached hydrogens (tertiary/aromatic N) is 2. The number of anilines is 1. The summed E-state index contributed by atoms with van der Waals surface area (Å²) in [6.07, 6.45) is 3.37. The Morgan fingerprint density at radius 3 is 2.54 bits per heavy atom. The minimum absolute atomic E-state index is 0.479. The molecular weight excluding hydrogens is 300 g/mol. The van der Waals surface area contributed by atoms with Crippen LogP contribution in [0.4, 0.5) is 5.82 Å². The van der Waals surface area contributed by atoms with Crippen LogP contribution in [0.3, 0.4) is 0 Å². The number of fused-ring (bicyclic) bond motifs is 1. The first-order valence-corrected chi connectivity index (χ1v) is 7.66. The molecular formula is C19H16N4O. The number of ether oxygens (including phenoxy) is 1. The van der Waals surface area contributed by atoms with E-state index in [0.717, 1.165) is 33.5 Å². The van der Waals surface area contributed by atoms with Crippen LogP contribution in [-0.4, -0.2) is 15.0 Å². The van der Waals surface area contributed by atoms with Gasteiger partial charge in [0.2, 0.25) is 0 Å². The monoisotopic (exact) mass is 316 g/mol. The van der Waals surface area contributed by atoms with E-state index in [1.807, 2.05) is 36.5 Å². The van der Waals surface area contributed by atoms with Gasteiger partial charge in [-0.25, -0.2) is 9.97 Å². The van der Waals surface area contributed by atoms with Crippen molar-refractivity contribution in [1.82, 2.24) is 15.0 Å². The summed E-state index contributed by atoms with van der Waals surface area (Å²) in [6.45, 7) is 0.531. The van der Waals surface area contributed by atoms with Gasteiger partial charge < -0.3 is 15.5 Å². The maximum Gasteiger partial charge on any atom is 0.143 e. The second-order valence-corrected chi connectivity index (χ2v) is 5.48. The van der Waals surface area contributed by atoms with Crippen molar-refractivity contribution in [2.45, 2.75) is 6.61 Å². The van der Waals surface area contributed by atoms with Gasteiger partial charge >= 0.3 is 0 Å². The lowest BCUT2D eigenvalue weighted by atomic mass is 10.0. The number of hydrogen-bond acceptors (Lipinski definition) is 4. The van der Waals surface area contributed by atoms with Gasteiger partial charge in [0.1, 0.15) is 30.1 Å². The Balaban J connectivity index is 1.57. The molecule has 5 heteroatoms. The highest BCUT2D eigenvalue weighted by molar-refractivity contribution is 6.00. The molecule has 4 rings (SSSR count). The van der Waals surface area contributed by atoms with Gasteiger partial charge in [-0.05, 0) is 23.3 Å². The summed E-state index contributed by atoms with van der Waals surface area (Å²) >= 11 is 0. The van der Waals surface area contributed by atoms with E-state index in [0.29, 0.717) is 12.4 Å². The van der Waals surface area contributed by atoms with Crippen molar-refractivity contribution in [2.75, 3.05) is 5.73 Å². The Morgan fingerprint density at radius 1 is 0.958 bits per heavy atom. The SMILES string of the molecule is Nc1ncnc2[nH]cc(-c3ccc(COc4ccccc4)cc3)c12. The predicted octanol–water partition coefficient (Wildman–Crippen LogP) is 3.79. The number of nitrogen functional groups attached to an aromatic ring is 1. The van der Waals surface area contributed by atoms with E-state index in [4.69, 9.17) is 10.5 Å². The molecule has 0 amide bonds. The topological polar surface area (TPSA) is 76.8 Å². The second-order valence-electron chi connectivity index (χ2n) is 5.48. The Bertz CT molecular complexity index is 962. The van der Waals surface area contributed by atoms with Crippen molar-refractivity contribution in [2.24, 2.45) is 0 Å². The summed E-state index contributed by atoms with van der Waals surface area (Å²) in [5.74, 6) is 1.34. The molecule has 24 heavy (non-hydrogen) atoms. The van der Waals surface area contributed by atoms with E-state index in [1.54, 1.807) is 0 Å². The second kappa shape index (κ2) is 6.04. The highest BCUT2D eigenvalue weighted by Crippen LogP contribution is 2.30. The summed E-state index contributed by atoms with van der Waals surface area (Å²) in [7, 11) is 0. The molecule has 0 atom stereocenters. The average molecular weight is 316 g/mol. The first-order valence-electron chi connectivity index (χ1n) is 7.66. The molecule has 0 aliphatic carbocycles. The number of H-pyrrole nitrogens is 1. The average Bonchev–Trinajstić information content (AvgIpc) is 3.07. The van der Waals surface area contributed by atoms with Crippen molar-refractivity contribution < 1.29 is 4.74 Å². The lowest BCUT2D eigenvalue weighted by Gasteiger charge is -2.07. The molecule has 0 saturated heterocycles. The van der Waals surface area contributed by atoms with Crippen LogP contribution in [0.25, 0.3) is 22.2 Å². The molecule has 2 aromatic heterocycles. The highest BCUT2D eigenvalue weighted by Gasteiger charge is 2.10. The standard InChI is InChI=1S/C19H16N4O/c20-18-17-16(10-21-19(17)23-12-22-18)14-8-6-13(7-9-14)11-24-15-4-2-1-3-5-15/h1-10,12H,11H2,(H3,20,21,22,23). The number of benzene rings is 2. The van der Waals surface area contributed by atoms with Crippen LogP contribution in [0.2, 0.25) is 0 Å². The molecule has 0 fully saturated rings. The van der Waals surface area contributed by atoms with Crippen molar-refractivity contribution in [3.63, 3.8) is 0 Å². The number of nitrogens with one attached hydrogen (secondary N) is 1. The van der Waals surface area contributed by atoms with E-state index in [9.17, 15) is 0 Å². The molecule has 5 nitrogen and oxygen atoms in total. The van der Waals surface area contributed by atoms with E-state index < -0.39 is 0 Å². The smallest absolute Gasteiger partial charge is 0.143 e. The molecule has 0 saturated carbocycles. The number of hydrogen-bond donors (Lipinski definition) is 2. The zero-order chi connectivity index (χ0) is 16.4. The molecule has 3 N–H and O–H groups in total. The molecule has 2 aromatic carbocycles. The Hall–Kier alpha value is -3.34. The van der Waals surface area contributed by atoms with Crippen LogP contribution in [0.15, 0.2) is 67.1 Å². The van der Waals surface area contributed by atoms with Crippen LogP contribution < -0.4 is 10.5 Å². The summed E-state index contributed by atoms with van der Waals surface area (Å²) in [6, 6.07) is 18.0. The van der Waals surface area contributed by atoms with Gasteiger partial charge in [0.15, 0.2) is 0 Å². The van der Waals surface area contributed by atoms with Crippen molar-refractivity contribution in [1.29, 1.82) is 0 Å². The van der Waals surface area contributed by atoms with Gasteiger partial charge in [0.05, 0.1) is 5.39 Å². The van der Waals surface area contributed by atoms with Crippen molar-refractivity contribution in [3.05, 3.63) is 72.7 Å². The normalized spacial score (nSPS) is 10.8. The Kier molecular flexibility index (Phi) is 3.59. The zero-order valence-electron chi connectivity index (χ0n) is 12.9. The van der Waals surface area contributed by atoms with Gasteiger partial charge in [-0.3, -0.25) is 0 Å². The number of aromatic nitrogens is 3. The zero-order valence-corrected chi connectivity index (χ0v) is 12.9. The minimum Gasteiger partial charge on any atom is -0.489 e. The molecule has 2 heterocycles. The first-order chi connectivity index (χ1) is 11.8. The maximum absolute atomic E-state index is 5.99. The highest BCUT2D eigenvalue weighted by atomic mass is 16.5. The molecule has 0 unspecified atom stereocenters. The van der Waals surface area contributed by atoms with Gasteiger partial charge in [-0.15, -0.1) is 0 Å². The van der Waals surface area contributed by atoms with Crippen LogP contribution in [0.5, 0.6) is 5.75 Å². The summed E-state index contributed by atoms with van der Waals surface area (Å²) in [5.41, 5.74) is 9.90. The first kappa shape index (κ1) is 14.3. The molecule has 0 spiro atoms. The van der Waals surface area contributed by atoms with Gasteiger partial charge in [0, 0.05) is 11.8 Å². The molecule has 0 bridgehead atoms. The summed E-state index contributed by atoms with van der Waals surface area (Å²) in [5, 5.41) is 0.853. The van der Waals surface area contributed by atoms with Crippen LogP contribution >= 0.6 is 0 Å². The summed E-state index contributed by atoms with van der Waals surface area (Å²) in [4.78, 5) is 11.4. The molecule has 0 radical (unpaired) electrons. The summed E-state index contributed by atoms with van der Waals surface area (Å²) < 4.78 is 5.77. The fraction of sp³-hybridized carbons (Fsp3) is 0.0526. The van der Waals surface area contributed by atoms with Gasteiger partial charge in [-0.2, -0.15) is 0 Å². The molecule has 4 aromatic rings. The van der Waals surface area contributed by atoms with Gasteiger partial charge in [0.25, 0.3) is 0 Å². The number of nitrogens with two attached hydrogens (primary N) is 1. The van der Waals surface area contributed by atoms with Crippen molar-refractivity contribution in [3.8, 4) is 16.9 Å². The van der Waals surface area contributed by atoms with Crippen LogP contribution in [0.1, 0.15) is 5.56 Å². The van der Waals surface area contributed by atoms with E-state index in [2.05, 4.69) is 39.2 Å². The van der Waals surface area contributed by atoms with Crippen LogP contribution in [-0.2, 0) is 6.61 Å². The fourth-order valence-electron chi connectivity index (χ4n) is 2.68. The van der Waals surface area contributed by atoms with E-state index in [1.165, 1.54) is 6.33 Å². The number of aromatic amines is 1. The molecule has 118 valence electrons. The Labute approximate surface area is 139 Å². The van der Waals surface area contributed by atoms with E-state index in [-0.39, 0.29) is 0 Å². The minimum atomic E-state index is 0.479. The molecule has 0 aliphatic rings. The third kappa shape index (κ3) is 2.67. The Morgan fingerprint density at radius 2 is 1.75 bits per heavy atom. The third-order valence-corrected chi connectivity index (χ3v) is 3.91. The largest absolute Gasteiger partial charge is 0.489 e. The fourth-order valence-corrected chi connectivity index (χ4v) is 2.68. The number of rotatable bonds is 4. The predicted molar refractivity (Wildman–Crippen MR) is 94.5 cm³/mol. The lowest BCUT2D eigenvalue weighted by molar-refractivity contribution is 0.306. The molecule has 0 aliphatic heterocycles.